The SMILES string of the molecule is O=C(C=Cc1ccc(-c2ccc(Oc3ccc4c5c3C(=O)OC(=O)c3c(Oc6ccc(-c7ccc(C=CC(=O)c8ccccc8)cc7)cc6)ccc4c3c(=O)oc5=O)cc2)cc1)c1ccccc1. The van der Waals surface area contributed by atoms with E-state index in [9.17, 15) is 28.8 Å². The number of carbonyl (C=O) groups excluding carboxylic acids is 4. The second-order valence-corrected chi connectivity index (χ2v) is 15.7. The maximum Gasteiger partial charge on any atom is 0.350 e. The molecule has 10 nitrogen and oxygen atoms in total. The van der Waals surface area contributed by atoms with Gasteiger partial charge in [0.1, 0.15) is 34.1 Å². The zero-order valence-electron chi connectivity index (χ0n) is 35.7. The summed E-state index contributed by atoms with van der Waals surface area (Å²) in [5.74, 6) is -2.21. The number of ketones is 2. The van der Waals surface area contributed by atoms with Crippen molar-refractivity contribution < 1.29 is 37.8 Å². The molecule has 0 aliphatic carbocycles. The van der Waals surface area contributed by atoms with Crippen molar-refractivity contribution in [2.45, 2.75) is 0 Å². The number of cyclic esters (lactones) is 2. The van der Waals surface area contributed by atoms with Gasteiger partial charge < -0.3 is 18.6 Å². The highest BCUT2D eigenvalue weighted by Gasteiger charge is 2.32. The van der Waals surface area contributed by atoms with Crippen molar-refractivity contribution in [1.29, 1.82) is 0 Å². The third-order valence-electron chi connectivity index (χ3n) is 11.4. The summed E-state index contributed by atoms with van der Waals surface area (Å²) in [7, 11) is 0. The molecule has 326 valence electrons. The molecule has 1 aromatic heterocycles. The molecule has 0 unspecified atom stereocenters. The minimum atomic E-state index is -1.20. The summed E-state index contributed by atoms with van der Waals surface area (Å²) in [6, 6.07) is 53.2. The Morgan fingerprint density at radius 1 is 0.397 bits per heavy atom. The van der Waals surface area contributed by atoms with Crippen LogP contribution in [0.1, 0.15) is 52.6 Å². The van der Waals surface area contributed by atoms with Gasteiger partial charge in [0.05, 0.1) is 10.8 Å². The third-order valence-corrected chi connectivity index (χ3v) is 11.4. The van der Waals surface area contributed by atoms with E-state index in [1.807, 2.05) is 109 Å². The lowest BCUT2D eigenvalue weighted by Gasteiger charge is -2.13. The molecule has 0 radical (unpaired) electrons. The van der Waals surface area contributed by atoms with E-state index in [1.54, 1.807) is 60.7 Å². The van der Waals surface area contributed by atoms with Gasteiger partial charge in [-0.3, -0.25) is 9.59 Å². The van der Waals surface area contributed by atoms with Gasteiger partial charge in [0.15, 0.2) is 11.6 Å². The van der Waals surface area contributed by atoms with Crippen LogP contribution in [0.15, 0.2) is 208 Å². The summed E-state index contributed by atoms with van der Waals surface area (Å²) >= 11 is 0. The molecule has 1 aliphatic heterocycles. The second-order valence-electron chi connectivity index (χ2n) is 15.7. The largest absolute Gasteiger partial charge is 0.456 e. The smallest absolute Gasteiger partial charge is 0.350 e. The van der Waals surface area contributed by atoms with Crippen LogP contribution in [-0.4, -0.2) is 23.5 Å². The number of hydrogen-bond acceptors (Lipinski definition) is 10. The fourth-order valence-electron chi connectivity index (χ4n) is 7.99. The summed E-state index contributed by atoms with van der Waals surface area (Å²) in [4.78, 5) is 80.3. The molecule has 1 aliphatic rings. The molecule has 0 amide bonds. The maximum absolute atomic E-state index is 14.0. The zero-order chi connectivity index (χ0) is 46.7. The molecule has 0 fully saturated rings. The first kappa shape index (κ1) is 42.4. The minimum absolute atomic E-state index is 0.0946. The number of ether oxygens (including phenoxy) is 3. The van der Waals surface area contributed by atoms with Gasteiger partial charge in [-0.2, -0.15) is 0 Å². The highest BCUT2D eigenvalue weighted by Crippen LogP contribution is 2.39. The van der Waals surface area contributed by atoms with Crippen molar-refractivity contribution in [2.75, 3.05) is 0 Å². The molecule has 6 bridgehead atoms. The third kappa shape index (κ3) is 8.56. The van der Waals surface area contributed by atoms with Crippen LogP contribution in [-0.2, 0) is 4.74 Å². The molecular formula is C58H34O10. The van der Waals surface area contributed by atoms with Crippen LogP contribution in [0.25, 0.3) is 56.0 Å². The van der Waals surface area contributed by atoms with Gasteiger partial charge in [-0.05, 0) is 105 Å². The highest BCUT2D eigenvalue weighted by atomic mass is 16.6. The van der Waals surface area contributed by atoms with E-state index in [-0.39, 0.29) is 44.6 Å². The first-order valence-corrected chi connectivity index (χ1v) is 21.4. The molecule has 10 heteroatoms. The Balaban J connectivity index is 0.891. The van der Waals surface area contributed by atoms with Crippen LogP contribution >= 0.6 is 0 Å². The predicted molar refractivity (Wildman–Crippen MR) is 260 cm³/mol. The van der Waals surface area contributed by atoms with Gasteiger partial charge in [-0.15, -0.1) is 0 Å². The summed E-state index contributed by atoms with van der Waals surface area (Å²) in [6.45, 7) is 0. The van der Waals surface area contributed by atoms with E-state index < -0.39 is 34.3 Å². The normalized spacial score (nSPS) is 12.1. The number of benzene rings is 8. The Labute approximate surface area is 387 Å². The lowest BCUT2D eigenvalue weighted by Crippen LogP contribution is -2.19. The quantitative estimate of drug-likeness (QED) is 0.0503. The van der Waals surface area contributed by atoms with Gasteiger partial charge in [-0.25, -0.2) is 19.2 Å². The van der Waals surface area contributed by atoms with Crippen LogP contribution in [0.2, 0.25) is 0 Å². The number of esters is 2. The fraction of sp³-hybridized carbons (Fsp3) is 0. The van der Waals surface area contributed by atoms with Crippen molar-refractivity contribution in [3.05, 3.63) is 248 Å². The Bertz CT molecular complexity index is 3410. The van der Waals surface area contributed by atoms with Gasteiger partial charge in [-0.1, -0.05) is 146 Å². The minimum Gasteiger partial charge on any atom is -0.456 e. The molecular weight excluding hydrogens is 857 g/mol. The van der Waals surface area contributed by atoms with E-state index >= 15 is 0 Å². The Hall–Kier alpha value is -9.54. The van der Waals surface area contributed by atoms with Crippen molar-refractivity contribution >= 4 is 57.2 Å². The van der Waals surface area contributed by atoms with Crippen LogP contribution in [0.5, 0.6) is 23.0 Å². The van der Waals surface area contributed by atoms with Gasteiger partial charge >= 0.3 is 23.2 Å². The second kappa shape index (κ2) is 18.1. The molecule has 0 saturated carbocycles. The molecule has 8 aromatic carbocycles. The van der Waals surface area contributed by atoms with Gasteiger partial charge in [0, 0.05) is 11.1 Å². The fourth-order valence-corrected chi connectivity index (χ4v) is 7.99. The standard InChI is InChI=1S/C58H34O10/c59-47(41-7-3-1-4-8-41)31-15-35-11-17-37(18-12-35)39-21-25-43(26-22-39)65-49-33-29-45-46-30-34-50(54-52(46)56(62)67-55(61)51(45)53(49)57(63)68-58(54)64)66-44-27-23-40(24-28-44)38-19-13-36(14-20-38)16-32-48(60)42-9-5-2-6-10-42/h1-34H. The molecule has 0 atom stereocenters. The van der Waals surface area contributed by atoms with E-state index in [2.05, 4.69) is 0 Å². The Morgan fingerprint density at radius 2 is 0.750 bits per heavy atom. The van der Waals surface area contributed by atoms with Crippen LogP contribution in [0.3, 0.4) is 0 Å². The van der Waals surface area contributed by atoms with Crippen molar-refractivity contribution in [3.8, 4) is 45.3 Å². The lowest BCUT2D eigenvalue weighted by molar-refractivity contribution is 0.0397. The summed E-state index contributed by atoms with van der Waals surface area (Å²) in [5.41, 5.74) is 3.35. The first-order chi connectivity index (χ1) is 33.2. The van der Waals surface area contributed by atoms with E-state index in [0.29, 0.717) is 22.6 Å². The molecule has 0 saturated heterocycles. The first-order valence-electron chi connectivity index (χ1n) is 21.4. The molecule has 2 heterocycles. The number of rotatable bonds is 12. The molecule has 9 aromatic rings. The van der Waals surface area contributed by atoms with Crippen LogP contribution < -0.4 is 20.7 Å². The monoisotopic (exact) mass is 890 g/mol. The molecule has 68 heavy (non-hydrogen) atoms. The maximum atomic E-state index is 14.0. The van der Waals surface area contributed by atoms with Crippen LogP contribution in [0.4, 0.5) is 0 Å². The Kier molecular flexibility index (Phi) is 11.3. The zero-order valence-corrected chi connectivity index (χ0v) is 35.7. The Morgan fingerprint density at radius 3 is 1.12 bits per heavy atom. The van der Waals surface area contributed by atoms with Crippen molar-refractivity contribution in [2.24, 2.45) is 0 Å². The van der Waals surface area contributed by atoms with Gasteiger partial charge in [0.25, 0.3) is 0 Å². The molecule has 0 spiro atoms. The lowest BCUT2D eigenvalue weighted by atomic mass is 10.00. The van der Waals surface area contributed by atoms with Crippen molar-refractivity contribution in [3.63, 3.8) is 0 Å². The highest BCUT2D eigenvalue weighted by molar-refractivity contribution is 6.22. The van der Waals surface area contributed by atoms with Crippen LogP contribution in [0, 0.1) is 0 Å². The van der Waals surface area contributed by atoms with Gasteiger partial charge in [0.2, 0.25) is 0 Å². The predicted octanol–water partition coefficient (Wildman–Crippen LogP) is 12.3. The van der Waals surface area contributed by atoms with E-state index in [0.717, 1.165) is 33.4 Å². The van der Waals surface area contributed by atoms with E-state index in [4.69, 9.17) is 18.6 Å². The molecule has 10 rings (SSSR count). The van der Waals surface area contributed by atoms with Crippen molar-refractivity contribution in [1.82, 2.24) is 0 Å². The van der Waals surface area contributed by atoms with E-state index in [1.165, 1.54) is 36.4 Å². The number of carbonyl (C=O) groups is 4. The summed E-state index contributed by atoms with van der Waals surface area (Å²) in [5, 5.41) is -0.287. The summed E-state index contributed by atoms with van der Waals surface area (Å²) in [6.07, 6.45) is 6.58. The number of allylic oxidation sites excluding steroid dienone is 2. The average Bonchev–Trinajstić information content (AvgIpc) is 3.47. The summed E-state index contributed by atoms with van der Waals surface area (Å²) < 4.78 is 23.0. The average molecular weight is 891 g/mol. The topological polar surface area (TPSA) is 143 Å². The number of hydrogen-bond donors (Lipinski definition) is 0. The molecule has 0 N–H and O–H groups in total.